The average Bonchev–Trinajstić information content (AvgIpc) is 3.42. The van der Waals surface area contributed by atoms with E-state index in [9.17, 15) is 14.7 Å². The van der Waals surface area contributed by atoms with Crippen molar-refractivity contribution in [3.8, 4) is 5.75 Å². The van der Waals surface area contributed by atoms with Crippen LogP contribution in [0.2, 0.25) is 0 Å². The summed E-state index contributed by atoms with van der Waals surface area (Å²) < 4.78 is 12.2. The van der Waals surface area contributed by atoms with Gasteiger partial charge in [-0.25, -0.2) is 0 Å². The predicted octanol–water partition coefficient (Wildman–Crippen LogP) is 7.67. The SMILES string of the molecule is CCOc1ccc(N2C(=O)C(O)=C(C(=O)c3cc4cc(Br)ccc4o3)C2c2ccc(C(C)(C)C)cc2)cc1. The summed E-state index contributed by atoms with van der Waals surface area (Å²) in [4.78, 5) is 28.8. The van der Waals surface area contributed by atoms with Gasteiger partial charge in [-0.05, 0) is 72.0 Å². The van der Waals surface area contributed by atoms with Crippen molar-refractivity contribution in [2.24, 2.45) is 0 Å². The van der Waals surface area contributed by atoms with Gasteiger partial charge in [0.2, 0.25) is 5.78 Å². The molecule has 1 aliphatic rings. The molecule has 0 aliphatic carbocycles. The number of carbonyl (C=O) groups excluding carboxylic acids is 2. The Hall–Kier alpha value is -3.84. The predicted molar refractivity (Wildman–Crippen MR) is 151 cm³/mol. The zero-order valence-electron chi connectivity index (χ0n) is 21.6. The van der Waals surface area contributed by atoms with Crippen molar-refractivity contribution in [1.82, 2.24) is 0 Å². The third-order valence-corrected chi connectivity index (χ3v) is 7.17. The maximum Gasteiger partial charge on any atom is 0.294 e. The summed E-state index contributed by atoms with van der Waals surface area (Å²) in [6.45, 7) is 8.77. The first-order valence-electron chi connectivity index (χ1n) is 12.4. The molecule has 1 N–H and O–H groups in total. The van der Waals surface area contributed by atoms with Crippen LogP contribution in [0, 0.1) is 0 Å². The van der Waals surface area contributed by atoms with Gasteiger partial charge in [-0.15, -0.1) is 0 Å². The zero-order valence-corrected chi connectivity index (χ0v) is 23.2. The topological polar surface area (TPSA) is 80.0 Å². The number of anilines is 1. The van der Waals surface area contributed by atoms with Crippen molar-refractivity contribution in [1.29, 1.82) is 0 Å². The van der Waals surface area contributed by atoms with Crippen LogP contribution >= 0.6 is 15.9 Å². The first kappa shape index (κ1) is 25.8. The molecular weight excluding hydrogens is 546 g/mol. The molecule has 0 saturated heterocycles. The Bertz CT molecular complexity index is 1560. The van der Waals surface area contributed by atoms with E-state index in [1.807, 2.05) is 43.3 Å². The maximum atomic E-state index is 13.9. The number of Topliss-reactive ketones (excluding diaryl/α,β-unsaturated/α-hetero) is 1. The van der Waals surface area contributed by atoms with E-state index in [2.05, 4.69) is 36.7 Å². The molecule has 4 aromatic rings. The number of fused-ring (bicyclic) bond motifs is 1. The van der Waals surface area contributed by atoms with Gasteiger partial charge in [0.15, 0.2) is 11.5 Å². The van der Waals surface area contributed by atoms with Crippen molar-refractivity contribution in [3.63, 3.8) is 0 Å². The number of furan rings is 1. The highest BCUT2D eigenvalue weighted by molar-refractivity contribution is 9.10. The van der Waals surface area contributed by atoms with Crippen molar-refractivity contribution in [3.05, 3.63) is 105 Å². The molecule has 38 heavy (non-hydrogen) atoms. The molecule has 194 valence electrons. The van der Waals surface area contributed by atoms with Crippen molar-refractivity contribution >= 4 is 44.3 Å². The van der Waals surface area contributed by atoms with Gasteiger partial charge < -0.3 is 14.3 Å². The largest absolute Gasteiger partial charge is 0.503 e. The summed E-state index contributed by atoms with van der Waals surface area (Å²) in [6.07, 6.45) is 0. The Labute approximate surface area is 229 Å². The third-order valence-electron chi connectivity index (χ3n) is 6.67. The second kappa shape index (κ2) is 9.80. The molecule has 0 spiro atoms. The van der Waals surface area contributed by atoms with Gasteiger partial charge >= 0.3 is 0 Å². The van der Waals surface area contributed by atoms with Gasteiger partial charge in [0.25, 0.3) is 5.91 Å². The molecule has 0 radical (unpaired) electrons. The van der Waals surface area contributed by atoms with Crippen molar-refractivity contribution < 1.29 is 23.8 Å². The van der Waals surface area contributed by atoms with Gasteiger partial charge in [-0.1, -0.05) is 61.0 Å². The van der Waals surface area contributed by atoms with Crippen molar-refractivity contribution in [2.75, 3.05) is 11.5 Å². The molecule has 1 unspecified atom stereocenters. The zero-order chi connectivity index (χ0) is 27.2. The van der Waals surface area contributed by atoms with Gasteiger partial charge in [0.1, 0.15) is 11.3 Å². The number of halogens is 1. The summed E-state index contributed by atoms with van der Waals surface area (Å²) >= 11 is 3.43. The number of rotatable bonds is 6. The number of carbonyl (C=O) groups is 2. The van der Waals surface area contributed by atoms with Crippen LogP contribution in [-0.4, -0.2) is 23.4 Å². The maximum absolute atomic E-state index is 13.9. The normalized spacial score (nSPS) is 16.0. The van der Waals surface area contributed by atoms with Crippen molar-refractivity contribution in [2.45, 2.75) is 39.2 Å². The fourth-order valence-electron chi connectivity index (χ4n) is 4.71. The van der Waals surface area contributed by atoms with Crippen LogP contribution < -0.4 is 9.64 Å². The number of aliphatic hydroxyl groups excluding tert-OH is 1. The molecule has 1 atom stereocenters. The lowest BCUT2D eigenvalue weighted by Crippen LogP contribution is -2.31. The van der Waals surface area contributed by atoms with Crippen LogP contribution in [0.3, 0.4) is 0 Å². The Morgan fingerprint density at radius 3 is 2.34 bits per heavy atom. The third kappa shape index (κ3) is 4.63. The van der Waals surface area contributed by atoms with Crippen LogP contribution in [0.25, 0.3) is 11.0 Å². The smallest absolute Gasteiger partial charge is 0.294 e. The van der Waals surface area contributed by atoms with E-state index in [1.54, 1.807) is 36.4 Å². The standard InChI is InChI=1S/C31H28BrNO5/c1-5-37-23-13-11-22(12-14-23)33-27(18-6-8-20(9-7-18)31(2,3)4)26(29(35)30(33)36)28(34)25-17-19-16-21(32)10-15-24(19)38-25/h6-17,27,35H,5H2,1-4H3. The molecule has 1 aliphatic heterocycles. The molecule has 3 aromatic carbocycles. The molecule has 1 aromatic heterocycles. The summed E-state index contributed by atoms with van der Waals surface area (Å²) in [5.74, 6) is -1.06. The van der Waals surface area contributed by atoms with Crippen LogP contribution in [0.4, 0.5) is 5.69 Å². The van der Waals surface area contributed by atoms with E-state index in [4.69, 9.17) is 9.15 Å². The molecule has 0 saturated carbocycles. The van der Waals surface area contributed by atoms with Crippen LogP contribution in [-0.2, 0) is 10.2 Å². The molecule has 5 rings (SSSR count). The Balaban J connectivity index is 1.62. The minimum absolute atomic E-state index is 0.0227. The number of ether oxygens (including phenoxy) is 1. The minimum atomic E-state index is -0.845. The number of aliphatic hydroxyl groups is 1. The number of hydrogen-bond acceptors (Lipinski definition) is 5. The highest BCUT2D eigenvalue weighted by atomic mass is 79.9. The lowest BCUT2D eigenvalue weighted by Gasteiger charge is -2.28. The van der Waals surface area contributed by atoms with E-state index in [0.717, 1.165) is 15.4 Å². The number of amides is 1. The fraction of sp³-hybridized carbons (Fsp3) is 0.226. The lowest BCUT2D eigenvalue weighted by atomic mass is 9.85. The van der Waals surface area contributed by atoms with E-state index >= 15 is 0 Å². The number of benzene rings is 3. The molecule has 6 nitrogen and oxygen atoms in total. The number of hydrogen-bond donors (Lipinski definition) is 1. The molecule has 0 bridgehead atoms. The monoisotopic (exact) mass is 573 g/mol. The fourth-order valence-corrected chi connectivity index (χ4v) is 5.09. The van der Waals surface area contributed by atoms with Crippen LogP contribution in [0.5, 0.6) is 5.75 Å². The summed E-state index contributed by atoms with van der Waals surface area (Å²) in [6, 6.07) is 21.0. The second-order valence-electron chi connectivity index (χ2n) is 10.3. The average molecular weight is 574 g/mol. The van der Waals surface area contributed by atoms with E-state index in [-0.39, 0.29) is 16.7 Å². The lowest BCUT2D eigenvalue weighted by molar-refractivity contribution is -0.117. The molecule has 0 fully saturated rings. The van der Waals surface area contributed by atoms with Gasteiger partial charge in [-0.3, -0.25) is 14.5 Å². The number of ketones is 1. The Morgan fingerprint density at radius 1 is 1.03 bits per heavy atom. The molecule has 2 heterocycles. The Kier molecular flexibility index (Phi) is 6.65. The van der Waals surface area contributed by atoms with E-state index in [1.165, 1.54) is 4.90 Å². The van der Waals surface area contributed by atoms with E-state index in [0.29, 0.717) is 29.2 Å². The van der Waals surface area contributed by atoms with Crippen LogP contribution in [0.15, 0.2) is 93.0 Å². The van der Waals surface area contributed by atoms with Gasteiger partial charge in [0, 0.05) is 15.5 Å². The highest BCUT2D eigenvalue weighted by Crippen LogP contribution is 2.43. The summed E-state index contributed by atoms with van der Waals surface area (Å²) in [5.41, 5.74) is 2.79. The second-order valence-corrected chi connectivity index (χ2v) is 11.2. The van der Waals surface area contributed by atoms with Gasteiger partial charge in [-0.2, -0.15) is 0 Å². The van der Waals surface area contributed by atoms with E-state index < -0.39 is 23.5 Å². The molecule has 1 amide bonds. The first-order chi connectivity index (χ1) is 18.1. The minimum Gasteiger partial charge on any atom is -0.503 e. The summed E-state index contributed by atoms with van der Waals surface area (Å²) in [5, 5.41) is 11.8. The molecule has 7 heteroatoms. The highest BCUT2D eigenvalue weighted by Gasteiger charge is 2.45. The molecular formula is C31H28BrNO5. The number of nitrogens with zero attached hydrogens (tertiary/aromatic N) is 1. The van der Waals surface area contributed by atoms with Crippen LogP contribution in [0.1, 0.15) is 55.4 Å². The first-order valence-corrected chi connectivity index (χ1v) is 13.2. The summed E-state index contributed by atoms with van der Waals surface area (Å²) in [7, 11) is 0. The Morgan fingerprint density at radius 2 is 1.71 bits per heavy atom. The van der Waals surface area contributed by atoms with Gasteiger partial charge in [0.05, 0.1) is 18.2 Å². The quantitative estimate of drug-likeness (QED) is 0.239.